The maximum absolute atomic E-state index is 11.7. The zero-order valence-corrected chi connectivity index (χ0v) is 9.08. The summed E-state index contributed by atoms with van der Waals surface area (Å²) in [6.07, 6.45) is 6.38. The highest BCUT2D eigenvalue weighted by molar-refractivity contribution is 6.06. The molecule has 84 valence electrons. The predicted octanol–water partition coefficient (Wildman–Crippen LogP) is 2.68. The third kappa shape index (κ3) is 3.01. The zero-order valence-electron chi connectivity index (χ0n) is 9.08. The molecular formula is C14H11NO2. The molecule has 1 aromatic heterocycles. The van der Waals surface area contributed by atoms with Crippen molar-refractivity contribution in [2.24, 2.45) is 0 Å². The second-order valence-electron chi connectivity index (χ2n) is 3.53. The summed E-state index contributed by atoms with van der Waals surface area (Å²) < 4.78 is 0. The number of hydrogen-bond donors (Lipinski definition) is 1. The summed E-state index contributed by atoms with van der Waals surface area (Å²) >= 11 is 0. The highest BCUT2D eigenvalue weighted by Gasteiger charge is 1.99. The first-order chi connectivity index (χ1) is 8.25. The Bertz CT molecular complexity index is 530. The number of phenolic OH excluding ortho intramolecular Hbond substituents is 1. The molecule has 17 heavy (non-hydrogen) atoms. The molecule has 0 saturated heterocycles. The summed E-state index contributed by atoms with van der Waals surface area (Å²) in [7, 11) is 0. The van der Waals surface area contributed by atoms with Crippen molar-refractivity contribution in [1.82, 2.24) is 4.98 Å². The van der Waals surface area contributed by atoms with Gasteiger partial charge in [0.1, 0.15) is 5.75 Å². The fourth-order valence-electron chi connectivity index (χ4n) is 1.37. The summed E-state index contributed by atoms with van der Waals surface area (Å²) in [5.41, 5.74) is 1.47. The van der Waals surface area contributed by atoms with Gasteiger partial charge < -0.3 is 5.11 Å². The molecule has 0 atom stereocenters. The fraction of sp³-hybridized carbons (Fsp3) is 0. The standard InChI is InChI=1S/C14H11NO2/c16-13-4-1-11(2-5-13)3-6-14(17)12-7-9-15-10-8-12/h1-10,16H. The first-order valence-electron chi connectivity index (χ1n) is 5.17. The lowest BCUT2D eigenvalue weighted by atomic mass is 10.1. The Kier molecular flexibility index (Phi) is 3.31. The molecule has 1 aromatic carbocycles. The first-order valence-corrected chi connectivity index (χ1v) is 5.17. The second kappa shape index (κ2) is 5.07. The summed E-state index contributed by atoms with van der Waals surface area (Å²) in [5, 5.41) is 9.11. The molecule has 0 bridgehead atoms. The number of carbonyl (C=O) groups is 1. The van der Waals surface area contributed by atoms with Crippen LogP contribution in [-0.2, 0) is 0 Å². The molecule has 2 aromatic rings. The largest absolute Gasteiger partial charge is 0.508 e. The molecule has 0 amide bonds. The van der Waals surface area contributed by atoms with Crippen LogP contribution in [0.3, 0.4) is 0 Å². The monoisotopic (exact) mass is 225 g/mol. The van der Waals surface area contributed by atoms with E-state index in [4.69, 9.17) is 5.11 Å². The molecule has 0 aliphatic carbocycles. The van der Waals surface area contributed by atoms with Crippen LogP contribution in [0.5, 0.6) is 5.75 Å². The molecular weight excluding hydrogens is 214 g/mol. The summed E-state index contributed by atoms with van der Waals surface area (Å²) in [6.45, 7) is 0. The lowest BCUT2D eigenvalue weighted by molar-refractivity contribution is 0.104. The van der Waals surface area contributed by atoms with Gasteiger partial charge in [-0.15, -0.1) is 0 Å². The highest BCUT2D eigenvalue weighted by Crippen LogP contribution is 2.11. The van der Waals surface area contributed by atoms with Gasteiger partial charge in [0, 0.05) is 18.0 Å². The van der Waals surface area contributed by atoms with Gasteiger partial charge in [-0.1, -0.05) is 18.2 Å². The molecule has 1 heterocycles. The SMILES string of the molecule is O=C(C=Cc1ccc(O)cc1)c1ccncc1. The van der Waals surface area contributed by atoms with Crippen molar-refractivity contribution in [3.8, 4) is 5.75 Å². The maximum Gasteiger partial charge on any atom is 0.185 e. The van der Waals surface area contributed by atoms with Crippen molar-refractivity contribution in [2.75, 3.05) is 0 Å². The van der Waals surface area contributed by atoms with Crippen LogP contribution in [0.25, 0.3) is 6.08 Å². The van der Waals surface area contributed by atoms with Gasteiger partial charge in [0.25, 0.3) is 0 Å². The van der Waals surface area contributed by atoms with Crippen LogP contribution >= 0.6 is 0 Å². The van der Waals surface area contributed by atoms with Gasteiger partial charge in [-0.3, -0.25) is 9.78 Å². The Labute approximate surface area is 99.1 Å². The Morgan fingerprint density at radius 1 is 1.06 bits per heavy atom. The molecule has 0 unspecified atom stereocenters. The van der Waals surface area contributed by atoms with Gasteiger partial charge in [0.05, 0.1) is 0 Å². The van der Waals surface area contributed by atoms with Gasteiger partial charge in [-0.05, 0) is 35.9 Å². The van der Waals surface area contributed by atoms with Gasteiger partial charge in [-0.25, -0.2) is 0 Å². The Morgan fingerprint density at radius 2 is 1.71 bits per heavy atom. The number of pyridine rings is 1. The lowest BCUT2D eigenvalue weighted by Crippen LogP contribution is -1.93. The Morgan fingerprint density at radius 3 is 2.35 bits per heavy atom. The van der Waals surface area contributed by atoms with Crippen LogP contribution in [-0.4, -0.2) is 15.9 Å². The molecule has 0 fully saturated rings. The van der Waals surface area contributed by atoms with E-state index >= 15 is 0 Å². The summed E-state index contributed by atoms with van der Waals surface area (Å²) in [5.74, 6) is 0.142. The molecule has 0 saturated carbocycles. The fourth-order valence-corrected chi connectivity index (χ4v) is 1.37. The summed E-state index contributed by atoms with van der Waals surface area (Å²) in [4.78, 5) is 15.6. The van der Waals surface area contributed by atoms with E-state index in [1.807, 2.05) is 0 Å². The first kappa shape index (κ1) is 11.1. The number of carbonyl (C=O) groups excluding carboxylic acids is 1. The van der Waals surface area contributed by atoms with Crippen LogP contribution in [0.4, 0.5) is 0 Å². The number of hydrogen-bond acceptors (Lipinski definition) is 3. The molecule has 0 aliphatic heterocycles. The number of benzene rings is 1. The van der Waals surface area contributed by atoms with E-state index in [0.717, 1.165) is 5.56 Å². The number of allylic oxidation sites excluding steroid dienone is 1. The molecule has 3 nitrogen and oxygen atoms in total. The van der Waals surface area contributed by atoms with Crippen LogP contribution in [0.1, 0.15) is 15.9 Å². The third-order valence-corrected chi connectivity index (χ3v) is 2.29. The minimum absolute atomic E-state index is 0.0690. The lowest BCUT2D eigenvalue weighted by Gasteiger charge is -1.95. The predicted molar refractivity (Wildman–Crippen MR) is 65.7 cm³/mol. The van der Waals surface area contributed by atoms with Crippen molar-refractivity contribution < 1.29 is 9.90 Å². The number of nitrogens with zero attached hydrogens (tertiary/aromatic N) is 1. The van der Waals surface area contributed by atoms with Gasteiger partial charge in [0.15, 0.2) is 5.78 Å². The Hall–Kier alpha value is -2.42. The van der Waals surface area contributed by atoms with Gasteiger partial charge in [-0.2, -0.15) is 0 Å². The Balaban J connectivity index is 2.11. The van der Waals surface area contributed by atoms with Crippen molar-refractivity contribution >= 4 is 11.9 Å². The van der Waals surface area contributed by atoms with E-state index in [2.05, 4.69) is 4.98 Å². The van der Waals surface area contributed by atoms with Crippen LogP contribution < -0.4 is 0 Å². The number of aromatic nitrogens is 1. The van der Waals surface area contributed by atoms with E-state index < -0.39 is 0 Å². The van der Waals surface area contributed by atoms with E-state index in [0.29, 0.717) is 5.56 Å². The van der Waals surface area contributed by atoms with Crippen LogP contribution in [0.2, 0.25) is 0 Å². The van der Waals surface area contributed by atoms with Gasteiger partial charge >= 0.3 is 0 Å². The van der Waals surface area contributed by atoms with Gasteiger partial charge in [0.2, 0.25) is 0 Å². The molecule has 0 spiro atoms. The smallest absolute Gasteiger partial charge is 0.185 e. The topological polar surface area (TPSA) is 50.2 Å². The number of ketones is 1. The highest BCUT2D eigenvalue weighted by atomic mass is 16.3. The average molecular weight is 225 g/mol. The van der Waals surface area contributed by atoms with Crippen LogP contribution in [0, 0.1) is 0 Å². The summed E-state index contributed by atoms with van der Waals surface area (Å²) in [6, 6.07) is 9.98. The van der Waals surface area contributed by atoms with E-state index in [1.165, 1.54) is 6.08 Å². The second-order valence-corrected chi connectivity index (χ2v) is 3.53. The average Bonchev–Trinajstić information content (AvgIpc) is 2.39. The third-order valence-electron chi connectivity index (χ3n) is 2.29. The normalized spacial score (nSPS) is 10.6. The van der Waals surface area contributed by atoms with E-state index in [9.17, 15) is 4.79 Å². The minimum Gasteiger partial charge on any atom is -0.508 e. The van der Waals surface area contributed by atoms with Crippen molar-refractivity contribution in [3.63, 3.8) is 0 Å². The van der Waals surface area contributed by atoms with Crippen molar-refractivity contribution in [2.45, 2.75) is 0 Å². The molecule has 2 rings (SSSR count). The van der Waals surface area contributed by atoms with Crippen molar-refractivity contribution in [1.29, 1.82) is 0 Å². The number of phenols is 1. The number of aromatic hydroxyl groups is 1. The molecule has 3 heteroatoms. The number of rotatable bonds is 3. The van der Waals surface area contributed by atoms with E-state index in [-0.39, 0.29) is 11.5 Å². The zero-order chi connectivity index (χ0) is 12.1. The quantitative estimate of drug-likeness (QED) is 0.645. The van der Waals surface area contributed by atoms with E-state index in [1.54, 1.807) is 54.9 Å². The maximum atomic E-state index is 11.7. The molecule has 0 aliphatic rings. The molecule has 1 N–H and O–H groups in total. The van der Waals surface area contributed by atoms with Crippen molar-refractivity contribution in [3.05, 3.63) is 66.0 Å². The van der Waals surface area contributed by atoms with Crippen LogP contribution in [0.15, 0.2) is 54.9 Å². The molecule has 0 radical (unpaired) electrons. The minimum atomic E-state index is -0.0690.